The molecule has 0 aromatic carbocycles. The summed E-state index contributed by atoms with van der Waals surface area (Å²) in [6, 6.07) is 1.89. The van der Waals surface area contributed by atoms with E-state index in [4.69, 9.17) is 5.73 Å². The standard InChI is InChI=1S/C15H19N3O2S/c1-8-6-9(2)17-14-11(8)12(16)13(21-14)15(20)18-5-3-4-10(18)7-19/h6,10,19H,3-5,7,16H2,1-2H3. The molecule has 3 rings (SSSR count). The molecule has 0 radical (unpaired) electrons. The second-order valence-corrected chi connectivity index (χ2v) is 6.58. The predicted octanol–water partition coefficient (Wildman–Crippen LogP) is 2.09. The molecule has 1 aliphatic heterocycles. The van der Waals surface area contributed by atoms with Crippen LogP contribution in [0.15, 0.2) is 6.07 Å². The Morgan fingerprint density at radius 1 is 1.57 bits per heavy atom. The molecule has 1 unspecified atom stereocenters. The maximum absolute atomic E-state index is 12.7. The van der Waals surface area contributed by atoms with Gasteiger partial charge >= 0.3 is 0 Å². The highest BCUT2D eigenvalue weighted by Gasteiger charge is 2.31. The molecule has 2 aromatic rings. The third-order valence-electron chi connectivity index (χ3n) is 4.07. The largest absolute Gasteiger partial charge is 0.397 e. The van der Waals surface area contributed by atoms with E-state index in [1.54, 1.807) is 4.90 Å². The number of aryl methyl sites for hydroxylation is 2. The number of nitrogens with two attached hydrogens (primary N) is 1. The van der Waals surface area contributed by atoms with E-state index in [1.165, 1.54) is 11.3 Å². The number of aliphatic hydroxyl groups is 1. The fraction of sp³-hybridized carbons (Fsp3) is 0.467. The van der Waals surface area contributed by atoms with Gasteiger partial charge in [-0.05, 0) is 38.3 Å². The number of fused-ring (bicyclic) bond motifs is 1. The van der Waals surface area contributed by atoms with Crippen molar-refractivity contribution in [3.05, 3.63) is 22.2 Å². The van der Waals surface area contributed by atoms with Crippen LogP contribution >= 0.6 is 11.3 Å². The number of nitrogen functional groups attached to an aromatic ring is 1. The summed E-state index contributed by atoms with van der Waals surface area (Å²) in [6.45, 7) is 4.61. The molecule has 1 saturated heterocycles. The van der Waals surface area contributed by atoms with E-state index in [-0.39, 0.29) is 18.6 Å². The van der Waals surface area contributed by atoms with E-state index < -0.39 is 0 Å². The highest BCUT2D eigenvalue weighted by Crippen LogP contribution is 2.36. The van der Waals surface area contributed by atoms with Gasteiger partial charge in [-0.15, -0.1) is 11.3 Å². The monoisotopic (exact) mass is 305 g/mol. The molecule has 0 saturated carbocycles. The van der Waals surface area contributed by atoms with Gasteiger partial charge in [0.1, 0.15) is 9.71 Å². The maximum atomic E-state index is 12.7. The van der Waals surface area contributed by atoms with Crippen LogP contribution in [0.4, 0.5) is 5.69 Å². The molecule has 0 bridgehead atoms. The van der Waals surface area contributed by atoms with Crippen molar-refractivity contribution in [2.45, 2.75) is 32.7 Å². The van der Waals surface area contributed by atoms with E-state index >= 15 is 0 Å². The Bertz CT molecular complexity index is 710. The van der Waals surface area contributed by atoms with E-state index in [1.807, 2.05) is 19.9 Å². The molecule has 21 heavy (non-hydrogen) atoms. The van der Waals surface area contributed by atoms with Gasteiger partial charge in [0.2, 0.25) is 0 Å². The Hall–Kier alpha value is -1.66. The van der Waals surface area contributed by atoms with Gasteiger partial charge in [-0.3, -0.25) is 4.79 Å². The van der Waals surface area contributed by atoms with Crippen molar-refractivity contribution in [3.8, 4) is 0 Å². The highest BCUT2D eigenvalue weighted by molar-refractivity contribution is 7.21. The zero-order chi connectivity index (χ0) is 15.1. The first kappa shape index (κ1) is 14.3. The number of carbonyl (C=O) groups excluding carboxylic acids is 1. The van der Waals surface area contributed by atoms with Gasteiger partial charge in [-0.1, -0.05) is 0 Å². The Morgan fingerprint density at radius 2 is 2.33 bits per heavy atom. The van der Waals surface area contributed by atoms with Crippen LogP contribution in [0.3, 0.4) is 0 Å². The van der Waals surface area contributed by atoms with Crippen molar-refractivity contribution >= 4 is 33.1 Å². The molecule has 6 heteroatoms. The lowest BCUT2D eigenvalue weighted by Gasteiger charge is -2.22. The summed E-state index contributed by atoms with van der Waals surface area (Å²) in [5.74, 6) is -0.0795. The number of carbonyl (C=O) groups is 1. The average Bonchev–Trinajstić information content (AvgIpc) is 3.02. The topological polar surface area (TPSA) is 79.5 Å². The molecule has 112 valence electrons. The van der Waals surface area contributed by atoms with Crippen LogP contribution in [0.2, 0.25) is 0 Å². The molecule has 1 atom stereocenters. The number of rotatable bonds is 2. The van der Waals surface area contributed by atoms with Crippen molar-refractivity contribution in [3.63, 3.8) is 0 Å². The van der Waals surface area contributed by atoms with Gasteiger partial charge < -0.3 is 15.7 Å². The number of likely N-dealkylation sites (tertiary alicyclic amines) is 1. The maximum Gasteiger partial charge on any atom is 0.266 e. The van der Waals surface area contributed by atoms with Crippen LogP contribution in [-0.4, -0.2) is 40.1 Å². The van der Waals surface area contributed by atoms with Crippen molar-refractivity contribution in [2.75, 3.05) is 18.9 Å². The molecule has 0 spiro atoms. The molecule has 1 fully saturated rings. The van der Waals surface area contributed by atoms with Crippen molar-refractivity contribution in [1.29, 1.82) is 0 Å². The van der Waals surface area contributed by atoms with Crippen LogP contribution in [0.5, 0.6) is 0 Å². The number of pyridine rings is 1. The predicted molar refractivity (Wildman–Crippen MR) is 84.7 cm³/mol. The quantitative estimate of drug-likeness (QED) is 0.890. The summed E-state index contributed by atoms with van der Waals surface area (Å²) in [5.41, 5.74) is 8.70. The highest BCUT2D eigenvalue weighted by atomic mass is 32.1. The molecular weight excluding hydrogens is 286 g/mol. The number of anilines is 1. The van der Waals surface area contributed by atoms with E-state index in [0.29, 0.717) is 17.1 Å². The lowest BCUT2D eigenvalue weighted by atomic mass is 10.1. The van der Waals surface area contributed by atoms with Gasteiger partial charge in [0, 0.05) is 17.6 Å². The van der Waals surface area contributed by atoms with E-state index in [0.717, 1.165) is 34.3 Å². The van der Waals surface area contributed by atoms with E-state index in [9.17, 15) is 9.90 Å². The minimum atomic E-state index is -0.0853. The zero-order valence-corrected chi connectivity index (χ0v) is 13.0. The number of aliphatic hydroxyl groups excluding tert-OH is 1. The van der Waals surface area contributed by atoms with Gasteiger partial charge in [0.05, 0.1) is 18.3 Å². The lowest BCUT2D eigenvalue weighted by Crippen LogP contribution is -2.37. The molecule has 0 aliphatic carbocycles. The van der Waals surface area contributed by atoms with Crippen LogP contribution < -0.4 is 5.73 Å². The SMILES string of the molecule is Cc1cc(C)c2c(N)c(C(=O)N3CCCC3CO)sc2n1. The summed E-state index contributed by atoms with van der Waals surface area (Å²) in [7, 11) is 0. The Labute approximate surface area is 127 Å². The summed E-state index contributed by atoms with van der Waals surface area (Å²) in [4.78, 5) is 20.3. The van der Waals surface area contributed by atoms with Crippen LogP contribution in [-0.2, 0) is 0 Å². The molecule has 2 aromatic heterocycles. The van der Waals surface area contributed by atoms with Crippen LogP contribution in [0, 0.1) is 13.8 Å². The van der Waals surface area contributed by atoms with E-state index in [2.05, 4.69) is 4.98 Å². The number of amides is 1. The number of aromatic nitrogens is 1. The Kier molecular flexibility index (Phi) is 3.59. The van der Waals surface area contributed by atoms with Gasteiger partial charge in [-0.25, -0.2) is 4.98 Å². The Balaban J connectivity index is 2.06. The third-order valence-corrected chi connectivity index (χ3v) is 5.15. The van der Waals surface area contributed by atoms with Gasteiger partial charge in [0.25, 0.3) is 5.91 Å². The van der Waals surface area contributed by atoms with Crippen molar-refractivity contribution in [1.82, 2.24) is 9.88 Å². The van der Waals surface area contributed by atoms with Crippen LogP contribution in [0.1, 0.15) is 33.8 Å². The number of nitrogens with zero attached hydrogens (tertiary/aromatic N) is 2. The number of thiophene rings is 1. The summed E-state index contributed by atoms with van der Waals surface area (Å²) < 4.78 is 0. The van der Waals surface area contributed by atoms with Gasteiger partial charge in [0.15, 0.2) is 0 Å². The summed E-state index contributed by atoms with van der Waals surface area (Å²) in [5, 5.41) is 10.3. The van der Waals surface area contributed by atoms with Crippen molar-refractivity contribution in [2.24, 2.45) is 0 Å². The minimum absolute atomic E-state index is 0.00687. The number of hydrogen-bond donors (Lipinski definition) is 2. The molecule has 1 aliphatic rings. The minimum Gasteiger partial charge on any atom is -0.397 e. The summed E-state index contributed by atoms with van der Waals surface area (Å²) >= 11 is 1.35. The Morgan fingerprint density at radius 3 is 3.05 bits per heavy atom. The van der Waals surface area contributed by atoms with Crippen LogP contribution in [0.25, 0.3) is 10.2 Å². The fourth-order valence-corrected chi connectivity index (χ4v) is 4.22. The lowest BCUT2D eigenvalue weighted by molar-refractivity contribution is 0.0683. The zero-order valence-electron chi connectivity index (χ0n) is 12.2. The first-order chi connectivity index (χ1) is 10.0. The molecule has 1 amide bonds. The molecule has 3 N–H and O–H groups in total. The molecular formula is C15H19N3O2S. The molecule has 3 heterocycles. The first-order valence-corrected chi connectivity index (χ1v) is 7.92. The second-order valence-electron chi connectivity index (χ2n) is 5.58. The second kappa shape index (κ2) is 5.27. The van der Waals surface area contributed by atoms with Crippen molar-refractivity contribution < 1.29 is 9.90 Å². The first-order valence-electron chi connectivity index (χ1n) is 7.11. The third kappa shape index (κ3) is 2.28. The summed E-state index contributed by atoms with van der Waals surface area (Å²) in [6.07, 6.45) is 1.78. The van der Waals surface area contributed by atoms with Gasteiger partial charge in [-0.2, -0.15) is 0 Å². The molecule has 5 nitrogen and oxygen atoms in total. The number of hydrogen-bond acceptors (Lipinski definition) is 5. The fourth-order valence-electron chi connectivity index (χ4n) is 3.05. The average molecular weight is 305 g/mol. The smallest absolute Gasteiger partial charge is 0.266 e. The normalized spacial score (nSPS) is 18.6.